The average Bonchev–Trinajstić information content (AvgIpc) is 2.99. The molecule has 7 nitrogen and oxygen atoms in total. The molecule has 1 aromatic carbocycles. The van der Waals surface area contributed by atoms with E-state index in [4.69, 9.17) is 9.47 Å². The number of hydrogen-bond donors (Lipinski definition) is 1. The van der Waals surface area contributed by atoms with Crippen molar-refractivity contribution >= 4 is 10.0 Å². The lowest BCUT2D eigenvalue weighted by Crippen LogP contribution is -2.27. The van der Waals surface area contributed by atoms with Gasteiger partial charge in [0.1, 0.15) is 0 Å². The summed E-state index contributed by atoms with van der Waals surface area (Å²) in [6.07, 6.45) is 3.41. The number of ether oxygens (including phenoxy) is 2. The van der Waals surface area contributed by atoms with Crippen LogP contribution in [0, 0.1) is 0 Å². The summed E-state index contributed by atoms with van der Waals surface area (Å²) >= 11 is 0. The van der Waals surface area contributed by atoms with E-state index in [0.29, 0.717) is 18.0 Å². The molecule has 0 saturated heterocycles. The molecular formula is C13H17N3O4S. The van der Waals surface area contributed by atoms with Crippen molar-refractivity contribution in [2.24, 2.45) is 0 Å². The van der Waals surface area contributed by atoms with E-state index in [-0.39, 0.29) is 11.4 Å². The van der Waals surface area contributed by atoms with Crippen molar-refractivity contribution in [3.63, 3.8) is 0 Å². The highest BCUT2D eigenvalue weighted by Gasteiger charge is 2.16. The molecule has 0 aliphatic heterocycles. The number of sulfonamides is 1. The van der Waals surface area contributed by atoms with Crippen LogP contribution in [0.25, 0.3) is 0 Å². The van der Waals surface area contributed by atoms with Gasteiger partial charge in [0.25, 0.3) is 0 Å². The molecule has 0 unspecified atom stereocenters. The van der Waals surface area contributed by atoms with Gasteiger partial charge in [-0.1, -0.05) is 0 Å². The second-order valence-corrected chi connectivity index (χ2v) is 5.95. The Bertz CT molecular complexity index is 683. The third-order valence-electron chi connectivity index (χ3n) is 2.86. The van der Waals surface area contributed by atoms with Crippen molar-refractivity contribution in [3.8, 4) is 11.5 Å². The fourth-order valence-electron chi connectivity index (χ4n) is 1.79. The van der Waals surface area contributed by atoms with Crippen LogP contribution < -0.4 is 14.2 Å². The van der Waals surface area contributed by atoms with E-state index in [1.165, 1.54) is 26.4 Å². The van der Waals surface area contributed by atoms with Gasteiger partial charge in [-0.05, 0) is 18.2 Å². The van der Waals surface area contributed by atoms with Gasteiger partial charge in [0, 0.05) is 25.0 Å². The number of nitrogens with one attached hydrogen (secondary N) is 1. The Hall–Kier alpha value is -2.06. The molecule has 0 amide bonds. The summed E-state index contributed by atoms with van der Waals surface area (Å²) in [5.74, 6) is 0.848. The maximum Gasteiger partial charge on any atom is 0.240 e. The number of hydrogen-bond acceptors (Lipinski definition) is 5. The average molecular weight is 311 g/mol. The second kappa shape index (κ2) is 6.59. The Balaban J connectivity index is 2.08. The van der Waals surface area contributed by atoms with Gasteiger partial charge in [-0.3, -0.25) is 4.68 Å². The second-order valence-electron chi connectivity index (χ2n) is 4.18. The van der Waals surface area contributed by atoms with Crippen molar-refractivity contribution in [1.82, 2.24) is 14.5 Å². The van der Waals surface area contributed by atoms with Gasteiger partial charge in [-0.25, -0.2) is 13.1 Å². The van der Waals surface area contributed by atoms with E-state index in [0.717, 1.165) is 0 Å². The van der Waals surface area contributed by atoms with Crippen LogP contribution in [-0.2, 0) is 16.6 Å². The van der Waals surface area contributed by atoms with Gasteiger partial charge in [0.05, 0.1) is 25.7 Å². The molecule has 8 heteroatoms. The predicted octanol–water partition coefficient (Wildman–Crippen LogP) is 0.879. The molecule has 0 fully saturated rings. The molecule has 114 valence electrons. The Kier molecular flexibility index (Phi) is 4.81. The minimum absolute atomic E-state index is 0.126. The third kappa shape index (κ3) is 3.73. The lowest BCUT2D eigenvalue weighted by molar-refractivity contribution is 0.354. The quantitative estimate of drug-likeness (QED) is 0.821. The Labute approximate surface area is 123 Å². The SMILES string of the molecule is COc1ccc(S(=O)(=O)NCCn2cccn2)cc1OC. The Morgan fingerprint density at radius 1 is 1.24 bits per heavy atom. The monoisotopic (exact) mass is 311 g/mol. The molecule has 0 bridgehead atoms. The van der Waals surface area contributed by atoms with Crippen molar-refractivity contribution < 1.29 is 17.9 Å². The first kappa shape index (κ1) is 15.3. The molecule has 0 radical (unpaired) electrons. The minimum atomic E-state index is -3.60. The number of nitrogens with zero attached hydrogens (tertiary/aromatic N) is 2. The third-order valence-corrected chi connectivity index (χ3v) is 4.32. The predicted molar refractivity (Wildman–Crippen MR) is 77.0 cm³/mol. The van der Waals surface area contributed by atoms with Crippen LogP contribution in [0.2, 0.25) is 0 Å². The minimum Gasteiger partial charge on any atom is -0.493 e. The van der Waals surface area contributed by atoms with E-state index >= 15 is 0 Å². The van der Waals surface area contributed by atoms with Crippen molar-refractivity contribution in [2.45, 2.75) is 11.4 Å². The first-order chi connectivity index (χ1) is 10.1. The largest absolute Gasteiger partial charge is 0.493 e. The lowest BCUT2D eigenvalue weighted by Gasteiger charge is -2.11. The van der Waals surface area contributed by atoms with Gasteiger partial charge in [-0.2, -0.15) is 5.10 Å². The van der Waals surface area contributed by atoms with Crippen molar-refractivity contribution in [3.05, 3.63) is 36.7 Å². The zero-order valence-corrected chi connectivity index (χ0v) is 12.6. The first-order valence-electron chi connectivity index (χ1n) is 6.26. The summed E-state index contributed by atoms with van der Waals surface area (Å²) in [5.41, 5.74) is 0. The molecule has 0 aliphatic carbocycles. The molecule has 21 heavy (non-hydrogen) atoms. The number of rotatable bonds is 7. The van der Waals surface area contributed by atoms with Gasteiger partial charge in [-0.15, -0.1) is 0 Å². The lowest BCUT2D eigenvalue weighted by atomic mass is 10.3. The number of benzene rings is 1. The highest BCUT2D eigenvalue weighted by atomic mass is 32.2. The van der Waals surface area contributed by atoms with E-state index in [1.807, 2.05) is 0 Å². The summed E-state index contributed by atoms with van der Waals surface area (Å²) in [4.78, 5) is 0.126. The fraction of sp³-hybridized carbons (Fsp3) is 0.308. The van der Waals surface area contributed by atoms with Crippen LogP contribution in [0.15, 0.2) is 41.6 Å². The number of aromatic nitrogens is 2. The first-order valence-corrected chi connectivity index (χ1v) is 7.74. The van der Waals surface area contributed by atoms with Crippen LogP contribution in [-0.4, -0.2) is 39.0 Å². The summed E-state index contributed by atoms with van der Waals surface area (Å²) in [5, 5.41) is 4.00. The van der Waals surface area contributed by atoms with Crippen LogP contribution in [0.1, 0.15) is 0 Å². The van der Waals surface area contributed by atoms with Gasteiger partial charge >= 0.3 is 0 Å². The summed E-state index contributed by atoms with van der Waals surface area (Å²) in [6.45, 7) is 0.706. The molecule has 2 rings (SSSR count). The maximum absolute atomic E-state index is 12.2. The van der Waals surface area contributed by atoms with Crippen LogP contribution >= 0.6 is 0 Å². The highest BCUT2D eigenvalue weighted by Crippen LogP contribution is 2.29. The molecule has 1 aromatic heterocycles. The fourth-order valence-corrected chi connectivity index (χ4v) is 2.83. The van der Waals surface area contributed by atoms with Gasteiger partial charge < -0.3 is 9.47 Å². The van der Waals surface area contributed by atoms with E-state index < -0.39 is 10.0 Å². The number of methoxy groups -OCH3 is 2. The molecule has 1 heterocycles. The summed E-state index contributed by atoms with van der Waals surface area (Å²) in [6, 6.07) is 6.23. The van der Waals surface area contributed by atoms with E-state index in [1.54, 1.807) is 29.2 Å². The molecule has 1 N–H and O–H groups in total. The molecule has 0 saturated carbocycles. The van der Waals surface area contributed by atoms with Gasteiger partial charge in [0.2, 0.25) is 10.0 Å². The standard InChI is InChI=1S/C13H17N3O4S/c1-19-12-5-4-11(10-13(12)20-2)21(17,18)15-7-9-16-8-3-6-14-16/h3-6,8,10,15H,7,9H2,1-2H3. The zero-order chi connectivity index (χ0) is 15.3. The van der Waals surface area contributed by atoms with E-state index in [2.05, 4.69) is 9.82 Å². The Morgan fingerprint density at radius 2 is 2.00 bits per heavy atom. The molecule has 0 atom stereocenters. The molecular weight excluding hydrogens is 294 g/mol. The van der Waals surface area contributed by atoms with Crippen LogP contribution in [0.4, 0.5) is 0 Å². The van der Waals surface area contributed by atoms with Crippen LogP contribution in [0.5, 0.6) is 11.5 Å². The summed E-state index contributed by atoms with van der Waals surface area (Å²) in [7, 11) is -0.646. The molecule has 0 aliphatic rings. The highest BCUT2D eigenvalue weighted by molar-refractivity contribution is 7.89. The summed E-state index contributed by atoms with van der Waals surface area (Å²) < 4.78 is 38.7. The molecule has 0 spiro atoms. The normalized spacial score (nSPS) is 11.3. The molecule has 2 aromatic rings. The zero-order valence-electron chi connectivity index (χ0n) is 11.8. The topological polar surface area (TPSA) is 82.5 Å². The Morgan fingerprint density at radius 3 is 2.62 bits per heavy atom. The van der Waals surface area contributed by atoms with Crippen LogP contribution in [0.3, 0.4) is 0 Å². The van der Waals surface area contributed by atoms with Crippen molar-refractivity contribution in [1.29, 1.82) is 0 Å². The maximum atomic E-state index is 12.2. The van der Waals surface area contributed by atoms with E-state index in [9.17, 15) is 8.42 Å². The van der Waals surface area contributed by atoms with Gasteiger partial charge in [0.15, 0.2) is 11.5 Å². The van der Waals surface area contributed by atoms with Crippen molar-refractivity contribution in [2.75, 3.05) is 20.8 Å². The smallest absolute Gasteiger partial charge is 0.240 e.